The van der Waals surface area contributed by atoms with Crippen LogP contribution in [0.2, 0.25) is 0 Å². The second-order valence-electron chi connectivity index (χ2n) is 3.88. The van der Waals surface area contributed by atoms with Gasteiger partial charge in [0.15, 0.2) is 5.82 Å². The fraction of sp³-hybridized carbons (Fsp3) is 0.333. The van der Waals surface area contributed by atoms with Crippen LogP contribution in [-0.2, 0) is 6.42 Å². The van der Waals surface area contributed by atoms with E-state index in [4.69, 9.17) is 5.73 Å². The van der Waals surface area contributed by atoms with Gasteiger partial charge in [0.25, 0.3) is 0 Å². The van der Waals surface area contributed by atoms with Gasteiger partial charge in [-0.2, -0.15) is 0 Å². The lowest BCUT2D eigenvalue weighted by Gasteiger charge is -2.07. The molecule has 2 N–H and O–H groups in total. The molecule has 0 atom stereocenters. The molecule has 3 nitrogen and oxygen atoms in total. The monoisotopic (exact) mass is 359 g/mol. The third-order valence-electron chi connectivity index (χ3n) is 2.50. The van der Waals surface area contributed by atoms with Crippen molar-refractivity contribution in [3.8, 4) is 10.7 Å². The zero-order valence-corrected chi connectivity index (χ0v) is 12.8. The predicted octanol–water partition coefficient (Wildman–Crippen LogP) is 3.65. The molecule has 0 radical (unpaired) electrons. The predicted molar refractivity (Wildman–Crippen MR) is 81.2 cm³/mol. The quantitative estimate of drug-likeness (QED) is 0.851. The van der Waals surface area contributed by atoms with Gasteiger partial charge in [-0.1, -0.05) is 13.3 Å². The van der Waals surface area contributed by atoms with Gasteiger partial charge in [0.1, 0.15) is 5.82 Å². The Morgan fingerprint density at radius 3 is 2.76 bits per heavy atom. The molecule has 0 aromatic carbocycles. The number of aryl methyl sites for hydroxylation is 2. The van der Waals surface area contributed by atoms with Crippen LogP contribution in [-0.4, -0.2) is 9.97 Å². The van der Waals surface area contributed by atoms with Gasteiger partial charge in [0.2, 0.25) is 0 Å². The molecule has 5 heteroatoms. The minimum absolute atomic E-state index is 0.590. The van der Waals surface area contributed by atoms with Gasteiger partial charge in [-0.05, 0) is 52.9 Å². The first kappa shape index (κ1) is 12.8. The average molecular weight is 359 g/mol. The molecule has 0 fully saturated rings. The van der Waals surface area contributed by atoms with Crippen LogP contribution in [0.4, 0.5) is 5.82 Å². The van der Waals surface area contributed by atoms with Crippen LogP contribution in [0.15, 0.2) is 11.4 Å². The van der Waals surface area contributed by atoms with Crippen molar-refractivity contribution in [2.24, 2.45) is 0 Å². The number of rotatable bonds is 3. The van der Waals surface area contributed by atoms with E-state index in [1.54, 1.807) is 11.3 Å². The molecular formula is C12H14IN3S. The van der Waals surface area contributed by atoms with Gasteiger partial charge in [0, 0.05) is 0 Å². The average Bonchev–Trinajstić information content (AvgIpc) is 2.71. The summed E-state index contributed by atoms with van der Waals surface area (Å²) < 4.78 is 0.988. The lowest BCUT2D eigenvalue weighted by Crippen LogP contribution is -2.04. The molecule has 2 aromatic rings. The molecule has 2 rings (SSSR count). The van der Waals surface area contributed by atoms with Crippen LogP contribution >= 0.6 is 33.9 Å². The van der Waals surface area contributed by atoms with Crippen molar-refractivity contribution in [2.75, 3.05) is 5.73 Å². The van der Waals surface area contributed by atoms with E-state index in [2.05, 4.69) is 57.9 Å². The summed E-state index contributed by atoms with van der Waals surface area (Å²) in [5.41, 5.74) is 8.22. The molecular weight excluding hydrogens is 345 g/mol. The van der Waals surface area contributed by atoms with Crippen LogP contribution in [0.3, 0.4) is 0 Å². The second-order valence-corrected chi connectivity index (χ2v) is 5.87. The van der Waals surface area contributed by atoms with Gasteiger partial charge in [-0.3, -0.25) is 0 Å². The fourth-order valence-electron chi connectivity index (χ4n) is 1.62. The highest BCUT2D eigenvalue weighted by atomic mass is 127. The van der Waals surface area contributed by atoms with Gasteiger partial charge in [-0.15, -0.1) is 11.3 Å². The van der Waals surface area contributed by atoms with Crippen LogP contribution < -0.4 is 5.73 Å². The number of nitrogen functional groups attached to an aromatic ring is 1. The number of hydrogen-bond acceptors (Lipinski definition) is 4. The third kappa shape index (κ3) is 2.60. The molecule has 0 saturated carbocycles. The number of aromatic nitrogens is 2. The topological polar surface area (TPSA) is 51.8 Å². The summed E-state index contributed by atoms with van der Waals surface area (Å²) in [5.74, 6) is 1.35. The van der Waals surface area contributed by atoms with Crippen LogP contribution in [0.5, 0.6) is 0 Å². The van der Waals surface area contributed by atoms with E-state index in [1.807, 2.05) is 0 Å². The number of halogens is 1. The molecule has 0 amide bonds. The van der Waals surface area contributed by atoms with Crippen LogP contribution in [0, 0.1) is 10.5 Å². The zero-order chi connectivity index (χ0) is 12.4. The Hall–Kier alpha value is -0.690. The largest absolute Gasteiger partial charge is 0.383 e. The molecule has 90 valence electrons. The molecule has 0 spiro atoms. The van der Waals surface area contributed by atoms with E-state index in [0.717, 1.165) is 32.8 Å². The van der Waals surface area contributed by atoms with Gasteiger partial charge in [0.05, 0.1) is 14.1 Å². The maximum atomic E-state index is 5.95. The summed E-state index contributed by atoms with van der Waals surface area (Å²) in [6.07, 6.45) is 2.01. The third-order valence-corrected chi connectivity index (χ3v) is 4.69. The maximum absolute atomic E-state index is 5.95. The molecule has 0 aliphatic carbocycles. The van der Waals surface area contributed by atoms with Crippen LogP contribution in [0.25, 0.3) is 10.7 Å². The van der Waals surface area contributed by atoms with E-state index in [1.165, 1.54) is 5.56 Å². The van der Waals surface area contributed by atoms with Crippen molar-refractivity contribution in [3.63, 3.8) is 0 Å². The molecule has 2 heterocycles. The van der Waals surface area contributed by atoms with Gasteiger partial charge >= 0.3 is 0 Å². The van der Waals surface area contributed by atoms with E-state index >= 15 is 0 Å². The highest BCUT2D eigenvalue weighted by Gasteiger charge is 2.13. The number of thiophene rings is 1. The summed E-state index contributed by atoms with van der Waals surface area (Å²) in [4.78, 5) is 10.1. The normalized spacial score (nSPS) is 10.8. The van der Waals surface area contributed by atoms with Crippen molar-refractivity contribution in [3.05, 3.63) is 26.3 Å². The number of anilines is 1. The van der Waals surface area contributed by atoms with Crippen molar-refractivity contribution in [2.45, 2.75) is 26.7 Å². The molecule has 0 aliphatic heterocycles. The first-order valence-electron chi connectivity index (χ1n) is 5.49. The number of hydrogen-bond donors (Lipinski definition) is 1. The van der Waals surface area contributed by atoms with Crippen molar-refractivity contribution < 1.29 is 0 Å². The summed E-state index contributed by atoms with van der Waals surface area (Å²) in [6, 6.07) is 2.08. The Bertz CT molecular complexity index is 537. The molecule has 2 aromatic heterocycles. The van der Waals surface area contributed by atoms with Crippen molar-refractivity contribution in [1.82, 2.24) is 9.97 Å². The second kappa shape index (κ2) is 5.30. The van der Waals surface area contributed by atoms with Crippen molar-refractivity contribution in [1.29, 1.82) is 0 Å². The van der Waals surface area contributed by atoms with E-state index in [9.17, 15) is 0 Å². The summed E-state index contributed by atoms with van der Waals surface area (Å²) in [5, 5.41) is 2.06. The van der Waals surface area contributed by atoms with E-state index in [-0.39, 0.29) is 0 Å². The maximum Gasteiger partial charge on any atom is 0.172 e. The first-order chi connectivity index (χ1) is 8.13. The zero-order valence-electron chi connectivity index (χ0n) is 9.83. The summed E-state index contributed by atoms with van der Waals surface area (Å²) in [7, 11) is 0. The molecule has 0 bridgehead atoms. The lowest BCUT2D eigenvalue weighted by atomic mass is 10.2. The van der Waals surface area contributed by atoms with Crippen LogP contribution in [0.1, 0.15) is 24.6 Å². The minimum atomic E-state index is 0.590. The minimum Gasteiger partial charge on any atom is -0.383 e. The highest BCUT2D eigenvalue weighted by Crippen LogP contribution is 2.29. The van der Waals surface area contributed by atoms with Crippen molar-refractivity contribution >= 4 is 39.7 Å². The summed E-state index contributed by atoms with van der Waals surface area (Å²) in [6.45, 7) is 4.22. The SMILES string of the molecule is CCCc1nc(-c2sccc2C)nc(N)c1I. The Balaban J connectivity index is 2.53. The molecule has 0 unspecified atom stereocenters. The van der Waals surface area contributed by atoms with Gasteiger partial charge in [-0.25, -0.2) is 9.97 Å². The fourth-order valence-corrected chi connectivity index (χ4v) is 2.99. The smallest absolute Gasteiger partial charge is 0.172 e. The lowest BCUT2D eigenvalue weighted by molar-refractivity contribution is 0.869. The highest BCUT2D eigenvalue weighted by molar-refractivity contribution is 14.1. The Morgan fingerprint density at radius 2 is 2.18 bits per heavy atom. The Kier molecular flexibility index (Phi) is 3.98. The molecule has 0 aliphatic rings. The molecule has 17 heavy (non-hydrogen) atoms. The molecule has 0 saturated heterocycles. The number of nitrogens with zero attached hydrogens (tertiary/aromatic N) is 2. The van der Waals surface area contributed by atoms with Gasteiger partial charge < -0.3 is 5.73 Å². The number of nitrogens with two attached hydrogens (primary N) is 1. The first-order valence-corrected chi connectivity index (χ1v) is 7.45. The summed E-state index contributed by atoms with van der Waals surface area (Å²) >= 11 is 3.89. The van der Waals surface area contributed by atoms with E-state index < -0.39 is 0 Å². The Morgan fingerprint density at radius 1 is 1.41 bits per heavy atom. The Labute approximate surface area is 119 Å². The standard InChI is InChI=1S/C12H14IN3S/c1-3-4-8-9(13)11(14)16-12(15-8)10-7(2)5-6-17-10/h5-6H,3-4H2,1-2H3,(H2,14,15,16). The van der Waals surface area contributed by atoms with E-state index in [0.29, 0.717) is 5.82 Å².